The average Bonchev–Trinajstić information content (AvgIpc) is 2.71. The van der Waals surface area contributed by atoms with Gasteiger partial charge in [-0.15, -0.1) is 0 Å². The van der Waals surface area contributed by atoms with Crippen LogP contribution in [0.3, 0.4) is 0 Å². The van der Waals surface area contributed by atoms with E-state index in [1.165, 1.54) is 0 Å². The van der Waals surface area contributed by atoms with E-state index in [1.54, 1.807) is 19.2 Å². The lowest BCUT2D eigenvalue weighted by atomic mass is 10.3. The Morgan fingerprint density at radius 2 is 1.96 bits per heavy atom. The summed E-state index contributed by atoms with van der Waals surface area (Å²) in [5.74, 6) is 1.56. The third kappa shape index (κ3) is 5.30. The number of carbonyl (C=O) groups is 1. The Hall–Kier alpha value is -2.87. The summed E-state index contributed by atoms with van der Waals surface area (Å²) in [6.07, 6.45) is 0. The van der Waals surface area contributed by atoms with E-state index in [1.807, 2.05) is 25.1 Å². The zero-order chi connectivity index (χ0) is 19.1. The first kappa shape index (κ1) is 18.9. The smallest absolute Gasteiger partial charge is 0.258 e. The molecule has 0 radical (unpaired) electrons. The molecule has 0 spiro atoms. The quantitative estimate of drug-likeness (QED) is 0.785. The van der Waals surface area contributed by atoms with Crippen LogP contribution in [0.5, 0.6) is 11.5 Å². The van der Waals surface area contributed by atoms with Gasteiger partial charge in [0.15, 0.2) is 18.1 Å². The van der Waals surface area contributed by atoms with Crippen LogP contribution in [0.4, 0.5) is 5.95 Å². The van der Waals surface area contributed by atoms with Gasteiger partial charge in [-0.1, -0.05) is 12.1 Å². The van der Waals surface area contributed by atoms with Crippen molar-refractivity contribution in [3.63, 3.8) is 0 Å². The van der Waals surface area contributed by atoms with Crippen molar-refractivity contribution in [2.24, 2.45) is 0 Å². The molecular weight excluding hydrogens is 348 g/mol. The second-order valence-corrected chi connectivity index (χ2v) is 6.12. The molecule has 1 fully saturated rings. The Kier molecular flexibility index (Phi) is 6.43. The molecule has 0 bridgehead atoms. The third-order valence-corrected chi connectivity index (χ3v) is 4.08. The number of nitrogens with one attached hydrogen (secondary N) is 1. The van der Waals surface area contributed by atoms with Gasteiger partial charge in [-0.25, -0.2) is 9.97 Å². The lowest BCUT2D eigenvalue weighted by Gasteiger charge is -2.27. The first-order valence-electron chi connectivity index (χ1n) is 8.85. The number of rotatable bonds is 7. The van der Waals surface area contributed by atoms with E-state index in [2.05, 4.69) is 20.2 Å². The number of para-hydroxylation sites is 2. The van der Waals surface area contributed by atoms with Gasteiger partial charge in [0.25, 0.3) is 5.91 Å². The molecule has 0 unspecified atom stereocenters. The van der Waals surface area contributed by atoms with Crippen LogP contribution in [0, 0.1) is 6.92 Å². The maximum absolute atomic E-state index is 12.1. The number of methoxy groups -OCH3 is 1. The molecule has 1 aromatic heterocycles. The fourth-order valence-electron chi connectivity index (χ4n) is 2.73. The van der Waals surface area contributed by atoms with Crippen molar-refractivity contribution in [2.45, 2.75) is 13.5 Å². The lowest BCUT2D eigenvalue weighted by Crippen LogP contribution is -2.37. The minimum atomic E-state index is -0.231. The van der Waals surface area contributed by atoms with Gasteiger partial charge in [-0.05, 0) is 25.1 Å². The molecule has 144 valence electrons. The van der Waals surface area contributed by atoms with Crippen LogP contribution in [0.25, 0.3) is 0 Å². The van der Waals surface area contributed by atoms with Gasteiger partial charge in [0.2, 0.25) is 5.95 Å². The van der Waals surface area contributed by atoms with Crippen molar-refractivity contribution in [3.8, 4) is 11.5 Å². The molecule has 1 N–H and O–H groups in total. The monoisotopic (exact) mass is 372 g/mol. The van der Waals surface area contributed by atoms with Crippen LogP contribution in [-0.2, 0) is 16.1 Å². The molecule has 3 rings (SSSR count). The Balaban J connectivity index is 1.54. The molecule has 1 aliphatic heterocycles. The second-order valence-electron chi connectivity index (χ2n) is 6.12. The standard InChI is InChI=1S/C19H24N4O4/c1-14-11-15(22-19(21-14)23-7-9-26-10-8-23)12-20-18(24)13-27-17-6-4-3-5-16(17)25-2/h3-6,11H,7-10,12-13H2,1-2H3,(H,20,24). The summed E-state index contributed by atoms with van der Waals surface area (Å²) in [4.78, 5) is 23.2. The predicted octanol–water partition coefficient (Wildman–Crippen LogP) is 1.33. The first-order valence-corrected chi connectivity index (χ1v) is 8.85. The van der Waals surface area contributed by atoms with Crippen molar-refractivity contribution in [2.75, 3.05) is 44.9 Å². The van der Waals surface area contributed by atoms with Gasteiger partial charge in [-0.3, -0.25) is 4.79 Å². The summed E-state index contributed by atoms with van der Waals surface area (Å²) < 4.78 is 16.1. The Morgan fingerprint density at radius 1 is 1.22 bits per heavy atom. The highest BCUT2D eigenvalue weighted by molar-refractivity contribution is 5.77. The third-order valence-electron chi connectivity index (χ3n) is 4.08. The zero-order valence-electron chi connectivity index (χ0n) is 15.6. The number of morpholine rings is 1. The molecule has 0 aliphatic carbocycles. The molecular formula is C19H24N4O4. The van der Waals surface area contributed by atoms with Gasteiger partial charge >= 0.3 is 0 Å². The normalized spacial score (nSPS) is 13.9. The van der Waals surface area contributed by atoms with Crippen LogP contribution >= 0.6 is 0 Å². The fraction of sp³-hybridized carbons (Fsp3) is 0.421. The van der Waals surface area contributed by atoms with Gasteiger partial charge < -0.3 is 24.4 Å². The molecule has 0 atom stereocenters. The number of aryl methyl sites for hydroxylation is 1. The summed E-state index contributed by atoms with van der Waals surface area (Å²) in [6, 6.07) is 9.08. The van der Waals surface area contributed by atoms with Gasteiger partial charge in [-0.2, -0.15) is 0 Å². The average molecular weight is 372 g/mol. The van der Waals surface area contributed by atoms with Crippen LogP contribution in [0.15, 0.2) is 30.3 Å². The highest BCUT2D eigenvalue weighted by atomic mass is 16.5. The van der Waals surface area contributed by atoms with E-state index in [-0.39, 0.29) is 12.5 Å². The van der Waals surface area contributed by atoms with E-state index in [0.717, 1.165) is 24.5 Å². The SMILES string of the molecule is COc1ccccc1OCC(=O)NCc1cc(C)nc(N2CCOCC2)n1. The minimum absolute atomic E-state index is 0.0965. The number of hydrogen-bond donors (Lipinski definition) is 1. The Bertz CT molecular complexity index is 778. The largest absolute Gasteiger partial charge is 0.493 e. The number of anilines is 1. The molecule has 1 saturated heterocycles. The Labute approximate surface area is 158 Å². The summed E-state index contributed by atoms with van der Waals surface area (Å²) in [5, 5.41) is 2.83. The lowest BCUT2D eigenvalue weighted by molar-refractivity contribution is -0.123. The van der Waals surface area contributed by atoms with E-state index in [4.69, 9.17) is 14.2 Å². The van der Waals surface area contributed by atoms with Crippen molar-refractivity contribution in [1.29, 1.82) is 0 Å². The molecule has 8 nitrogen and oxygen atoms in total. The molecule has 1 aromatic carbocycles. The highest BCUT2D eigenvalue weighted by Crippen LogP contribution is 2.25. The number of carbonyl (C=O) groups excluding carboxylic acids is 1. The van der Waals surface area contributed by atoms with Crippen LogP contribution in [-0.4, -0.2) is 55.9 Å². The number of hydrogen-bond acceptors (Lipinski definition) is 7. The molecule has 2 aromatic rings. The molecule has 27 heavy (non-hydrogen) atoms. The van der Waals surface area contributed by atoms with Gasteiger partial charge in [0.05, 0.1) is 32.6 Å². The molecule has 2 heterocycles. The van der Waals surface area contributed by atoms with E-state index in [0.29, 0.717) is 37.2 Å². The maximum atomic E-state index is 12.1. The fourth-order valence-corrected chi connectivity index (χ4v) is 2.73. The van der Waals surface area contributed by atoms with Gasteiger partial charge in [0.1, 0.15) is 0 Å². The van der Waals surface area contributed by atoms with Gasteiger partial charge in [0, 0.05) is 18.8 Å². The molecule has 0 saturated carbocycles. The van der Waals surface area contributed by atoms with Crippen LogP contribution < -0.4 is 19.7 Å². The number of amides is 1. The highest BCUT2D eigenvalue weighted by Gasteiger charge is 2.15. The second kappa shape index (κ2) is 9.18. The molecule has 8 heteroatoms. The molecule has 1 aliphatic rings. The van der Waals surface area contributed by atoms with Crippen molar-refractivity contribution >= 4 is 11.9 Å². The summed E-state index contributed by atoms with van der Waals surface area (Å²) in [6.45, 7) is 5.01. The first-order chi connectivity index (χ1) is 13.2. The number of ether oxygens (including phenoxy) is 3. The number of aromatic nitrogens is 2. The van der Waals surface area contributed by atoms with Crippen molar-refractivity contribution in [3.05, 3.63) is 41.7 Å². The molecule has 1 amide bonds. The van der Waals surface area contributed by atoms with E-state index in [9.17, 15) is 4.79 Å². The minimum Gasteiger partial charge on any atom is -0.493 e. The zero-order valence-corrected chi connectivity index (χ0v) is 15.6. The van der Waals surface area contributed by atoms with Crippen LogP contribution in [0.2, 0.25) is 0 Å². The summed E-state index contributed by atoms with van der Waals surface area (Å²) in [5.41, 5.74) is 1.62. The summed E-state index contributed by atoms with van der Waals surface area (Å²) in [7, 11) is 1.56. The van der Waals surface area contributed by atoms with E-state index < -0.39 is 0 Å². The summed E-state index contributed by atoms with van der Waals surface area (Å²) >= 11 is 0. The van der Waals surface area contributed by atoms with E-state index >= 15 is 0 Å². The van der Waals surface area contributed by atoms with Crippen molar-refractivity contribution < 1.29 is 19.0 Å². The van der Waals surface area contributed by atoms with Crippen molar-refractivity contribution in [1.82, 2.24) is 15.3 Å². The topological polar surface area (TPSA) is 85.8 Å². The Morgan fingerprint density at radius 3 is 2.70 bits per heavy atom. The predicted molar refractivity (Wildman–Crippen MR) is 100 cm³/mol. The number of benzene rings is 1. The number of nitrogens with zero attached hydrogens (tertiary/aromatic N) is 3. The maximum Gasteiger partial charge on any atom is 0.258 e. The van der Waals surface area contributed by atoms with Crippen LogP contribution in [0.1, 0.15) is 11.4 Å².